The third-order valence-electron chi connectivity index (χ3n) is 27.3. The van der Waals surface area contributed by atoms with Crippen LogP contribution in [0.1, 0.15) is 0 Å². The summed E-state index contributed by atoms with van der Waals surface area (Å²) in [4.78, 5) is 67.6. The average molecular weight is 1920 g/mol. The molecular formula is C136H88N14. The topological polar surface area (TPSA) is 180 Å². The van der Waals surface area contributed by atoms with Gasteiger partial charge in [-0.25, -0.2) is 44.9 Å². The van der Waals surface area contributed by atoms with Gasteiger partial charge >= 0.3 is 0 Å². The maximum Gasteiger partial charge on any atom is 0.164 e. The molecule has 0 saturated heterocycles. The smallest absolute Gasteiger partial charge is 0.164 e. The zero-order chi connectivity index (χ0) is 99.8. The van der Waals surface area contributed by atoms with Crippen LogP contribution in [0.4, 0.5) is 0 Å². The van der Waals surface area contributed by atoms with E-state index < -0.39 is 0 Å². The Morgan fingerprint density at radius 3 is 0.707 bits per heavy atom. The van der Waals surface area contributed by atoms with Crippen molar-refractivity contribution in [3.8, 4) is 203 Å². The van der Waals surface area contributed by atoms with Gasteiger partial charge in [-0.3, -0.25) is 24.9 Å². The molecule has 0 fully saturated rings. The molecule has 14 heteroatoms. The van der Waals surface area contributed by atoms with Gasteiger partial charge in [0.2, 0.25) is 0 Å². The standard InChI is InChI=1S/C46H30N4.2C45H29N5/c1-4-12-32(13-5-1)38-19-10-20-39-44(38)40-28-36(25-26-41(40)48-45(39)37-18-11-27-47-30-37)31-21-23-34(24-22-31)43-29-42(33-14-6-2-7-15-33)49-46(50-43)35-16-8-3-9-17-35;1-4-12-31(13-5-1)37-19-10-20-38-41(37)39-28-35(25-26-40(39)47-42(38)36-18-11-27-46-29-36)30-21-23-34(24-22-30)45-49-43(32-14-6-2-7-15-32)48-44(50-45)33-16-8-3-9-17-33;1-2-10-32(11-3-1)36-13-8-14-37-44(36)38-26-33(21-22-39(38)50-45(37)34-12-9-23-46-29-34)30-17-19-31(20-18-30)35-27-42(40-15-4-6-24-47-40)49-43(28-35)41-16-5-7-25-48-41/h1-30H;2*1-29H. The van der Waals surface area contributed by atoms with Crippen LogP contribution in [0.2, 0.25) is 0 Å². The Morgan fingerprint density at radius 2 is 0.393 bits per heavy atom. The minimum Gasteiger partial charge on any atom is -0.264 e. The molecule has 0 N–H and O–H groups in total. The highest BCUT2D eigenvalue weighted by Gasteiger charge is 2.24. The van der Waals surface area contributed by atoms with Crippen LogP contribution >= 0.6 is 0 Å². The molecule has 0 bridgehead atoms. The van der Waals surface area contributed by atoms with Gasteiger partial charge in [-0.1, -0.05) is 370 Å². The van der Waals surface area contributed by atoms with Crippen molar-refractivity contribution in [2.45, 2.75) is 0 Å². The van der Waals surface area contributed by atoms with E-state index in [9.17, 15) is 0 Å². The quantitative estimate of drug-likeness (QED) is 0.0740. The number of rotatable bonds is 18. The van der Waals surface area contributed by atoms with Crippen LogP contribution < -0.4 is 0 Å². The molecule has 702 valence electrons. The molecule has 27 aromatic rings. The molecule has 0 amide bonds. The fourth-order valence-corrected chi connectivity index (χ4v) is 19.9. The van der Waals surface area contributed by atoms with Gasteiger partial charge in [0, 0.05) is 148 Å². The van der Waals surface area contributed by atoms with E-state index in [4.69, 9.17) is 44.9 Å². The first-order valence-electron chi connectivity index (χ1n) is 49.9. The lowest BCUT2D eigenvalue weighted by Gasteiger charge is -2.15. The third kappa shape index (κ3) is 18.7. The lowest BCUT2D eigenvalue weighted by atomic mass is 9.91. The van der Waals surface area contributed by atoms with Crippen LogP contribution in [0.25, 0.3) is 268 Å². The molecule has 0 radical (unpaired) electrons. The largest absolute Gasteiger partial charge is 0.264 e. The molecule has 14 nitrogen and oxygen atoms in total. The number of hydrogen-bond acceptors (Lipinski definition) is 14. The lowest BCUT2D eigenvalue weighted by Crippen LogP contribution is -2.00. The van der Waals surface area contributed by atoms with E-state index in [0.717, 1.165) is 195 Å². The zero-order valence-electron chi connectivity index (χ0n) is 81.1. The lowest BCUT2D eigenvalue weighted by molar-refractivity contribution is 1.07. The minimum atomic E-state index is 0.633. The van der Waals surface area contributed by atoms with Crippen LogP contribution in [0.5, 0.6) is 0 Å². The molecule has 0 unspecified atom stereocenters. The molecule has 27 rings (SSSR count). The number of nitrogens with zero attached hydrogens (tertiary/aromatic N) is 14. The van der Waals surface area contributed by atoms with E-state index in [1.165, 1.54) is 49.5 Å². The monoisotopic (exact) mass is 1920 g/mol. The highest BCUT2D eigenvalue weighted by Crippen LogP contribution is 2.46. The highest BCUT2D eigenvalue weighted by atomic mass is 15.0. The van der Waals surface area contributed by atoms with Crippen molar-refractivity contribution in [2.75, 3.05) is 0 Å². The Kier molecular flexibility index (Phi) is 24.9. The summed E-state index contributed by atoms with van der Waals surface area (Å²) in [5.74, 6) is 2.63. The van der Waals surface area contributed by atoms with Crippen molar-refractivity contribution in [2.24, 2.45) is 0 Å². The molecular weight excluding hydrogens is 1830 g/mol. The predicted molar refractivity (Wildman–Crippen MR) is 611 cm³/mol. The van der Waals surface area contributed by atoms with Crippen molar-refractivity contribution in [3.63, 3.8) is 0 Å². The fraction of sp³-hybridized carbons (Fsp3) is 0. The number of aromatic nitrogens is 14. The van der Waals surface area contributed by atoms with E-state index >= 15 is 0 Å². The fourth-order valence-electron chi connectivity index (χ4n) is 19.9. The van der Waals surface area contributed by atoms with Crippen LogP contribution in [0, 0.1) is 0 Å². The minimum absolute atomic E-state index is 0.633. The van der Waals surface area contributed by atoms with E-state index in [-0.39, 0.29) is 0 Å². The second-order valence-corrected chi connectivity index (χ2v) is 36.6. The Balaban J connectivity index is 0.000000116. The summed E-state index contributed by atoms with van der Waals surface area (Å²) < 4.78 is 0. The molecule has 0 spiro atoms. The number of benzene rings is 16. The summed E-state index contributed by atoms with van der Waals surface area (Å²) in [6.45, 7) is 0. The number of fused-ring (bicyclic) bond motifs is 9. The zero-order valence-corrected chi connectivity index (χ0v) is 81.1. The van der Waals surface area contributed by atoms with Crippen LogP contribution in [-0.2, 0) is 0 Å². The summed E-state index contributed by atoms with van der Waals surface area (Å²) >= 11 is 0. The average Bonchev–Trinajstić information content (AvgIpc) is 0.777. The maximum absolute atomic E-state index is 5.21. The molecule has 16 aromatic carbocycles. The van der Waals surface area contributed by atoms with Crippen molar-refractivity contribution >= 4 is 65.0 Å². The molecule has 11 aromatic heterocycles. The first-order valence-corrected chi connectivity index (χ1v) is 49.9. The SMILES string of the molecule is c1ccc(-c2cc(-c3ccc(-c4ccc5nc(-c6cccnc6)c6cccc(-c7ccccc7)c6c5c4)cc3)nc(-c3ccccc3)n2)cc1.c1ccc(-c2cccc3c(-c4cccnc4)nc4ccc(-c5ccc(-c6cc(-c7ccccn7)nc(-c7ccccn7)c6)cc5)cc4c23)cc1.c1ccc(-c2nc(-c3ccccc3)nc(-c3ccc(-c4ccc5nc(-c6cccnc6)c6cccc(-c7ccccc7)c6c5c4)cc3)n2)cc1. The normalized spacial score (nSPS) is 11.2. The van der Waals surface area contributed by atoms with E-state index in [1.54, 1.807) is 31.0 Å². The summed E-state index contributed by atoms with van der Waals surface area (Å²) in [7, 11) is 0. The van der Waals surface area contributed by atoms with E-state index in [2.05, 4.69) is 359 Å². The molecule has 0 aliphatic carbocycles. The van der Waals surface area contributed by atoms with Crippen LogP contribution in [0.3, 0.4) is 0 Å². The molecule has 0 saturated carbocycles. The van der Waals surface area contributed by atoms with E-state index in [0.29, 0.717) is 23.3 Å². The van der Waals surface area contributed by atoms with Gasteiger partial charge in [0.1, 0.15) is 0 Å². The third-order valence-corrected chi connectivity index (χ3v) is 27.3. The van der Waals surface area contributed by atoms with E-state index in [1.807, 2.05) is 170 Å². The number of hydrogen-bond donors (Lipinski definition) is 0. The van der Waals surface area contributed by atoms with Gasteiger partial charge in [-0.2, -0.15) is 0 Å². The molecule has 0 atom stereocenters. The molecule has 150 heavy (non-hydrogen) atoms. The van der Waals surface area contributed by atoms with Crippen molar-refractivity contribution < 1.29 is 0 Å². The molecule has 0 aliphatic rings. The van der Waals surface area contributed by atoms with Crippen LogP contribution in [-0.4, -0.2) is 69.8 Å². The van der Waals surface area contributed by atoms with Crippen molar-refractivity contribution in [1.82, 2.24) is 69.8 Å². The summed E-state index contributed by atoms with van der Waals surface area (Å²) in [6.07, 6.45) is 14.7. The van der Waals surface area contributed by atoms with Gasteiger partial charge in [-0.05, 0) is 193 Å². The summed E-state index contributed by atoms with van der Waals surface area (Å²) in [5, 5.41) is 10.2. The Labute approximate surface area is 866 Å². The van der Waals surface area contributed by atoms with Crippen LogP contribution in [0.15, 0.2) is 535 Å². The first kappa shape index (κ1) is 90.8. The predicted octanol–water partition coefficient (Wildman–Crippen LogP) is 33.5. The van der Waals surface area contributed by atoms with Crippen molar-refractivity contribution in [3.05, 3.63) is 535 Å². The first-order chi connectivity index (χ1) is 74.3. The Hall–Kier alpha value is -20.5. The van der Waals surface area contributed by atoms with Gasteiger partial charge in [0.15, 0.2) is 23.3 Å². The molecule has 0 aliphatic heterocycles. The maximum atomic E-state index is 5.21. The van der Waals surface area contributed by atoms with Gasteiger partial charge < -0.3 is 0 Å². The summed E-state index contributed by atoms with van der Waals surface area (Å²) in [5.41, 5.74) is 35.4. The number of pyridine rings is 9. The van der Waals surface area contributed by atoms with Crippen molar-refractivity contribution in [1.29, 1.82) is 0 Å². The second-order valence-electron chi connectivity index (χ2n) is 36.6. The molecule has 11 heterocycles. The Bertz CT molecular complexity index is 8530. The second kappa shape index (κ2) is 41.1. The highest BCUT2D eigenvalue weighted by molar-refractivity contribution is 6.21. The van der Waals surface area contributed by atoms with Gasteiger partial charge in [0.25, 0.3) is 0 Å². The van der Waals surface area contributed by atoms with Gasteiger partial charge in [-0.15, -0.1) is 0 Å². The van der Waals surface area contributed by atoms with Gasteiger partial charge in [0.05, 0.1) is 67.8 Å². The Morgan fingerprint density at radius 1 is 0.127 bits per heavy atom. The summed E-state index contributed by atoms with van der Waals surface area (Å²) in [6, 6.07) is 168.